The Morgan fingerprint density at radius 3 is 2.52 bits per heavy atom. The minimum absolute atomic E-state index is 0.0301. The maximum Gasteiger partial charge on any atom is 0.231 e. The van der Waals surface area contributed by atoms with Gasteiger partial charge in [-0.15, -0.1) is 0 Å². The molecule has 0 unspecified atom stereocenters. The van der Waals surface area contributed by atoms with E-state index in [1.807, 2.05) is 67.7 Å². The second-order valence-electron chi connectivity index (χ2n) is 6.65. The van der Waals surface area contributed by atoms with Gasteiger partial charge in [0.05, 0.1) is 5.92 Å². The Balaban J connectivity index is 1.76. The lowest BCUT2D eigenvalue weighted by Crippen LogP contribution is -2.21. The van der Waals surface area contributed by atoms with Gasteiger partial charge in [0.15, 0.2) is 0 Å². The molecule has 0 aliphatic carbocycles. The number of rotatable bonds is 6. The van der Waals surface area contributed by atoms with Crippen molar-refractivity contribution >= 4 is 27.5 Å². The van der Waals surface area contributed by atoms with Crippen LogP contribution in [0.4, 0.5) is 5.69 Å². The first-order chi connectivity index (χ1) is 13.1. The quantitative estimate of drug-likeness (QED) is 0.503. The third-order valence-electron chi connectivity index (χ3n) is 4.53. The molecular formula is C23H23BrN2O. The van der Waals surface area contributed by atoms with E-state index in [-0.39, 0.29) is 11.8 Å². The predicted octanol–water partition coefficient (Wildman–Crippen LogP) is 6.34. The number of nitrogens with zero attached hydrogens (tertiary/aromatic N) is 1. The fourth-order valence-electron chi connectivity index (χ4n) is 3.16. The molecule has 0 aliphatic heterocycles. The van der Waals surface area contributed by atoms with Crippen LogP contribution in [-0.2, 0) is 4.79 Å². The van der Waals surface area contributed by atoms with E-state index in [1.165, 1.54) is 0 Å². The van der Waals surface area contributed by atoms with Gasteiger partial charge < -0.3 is 5.32 Å². The number of pyridine rings is 1. The Kier molecular flexibility index (Phi) is 6.40. The summed E-state index contributed by atoms with van der Waals surface area (Å²) in [5.74, 6) is -0.127. The number of aromatic nitrogens is 1. The van der Waals surface area contributed by atoms with E-state index in [4.69, 9.17) is 0 Å². The molecule has 0 aliphatic rings. The van der Waals surface area contributed by atoms with Gasteiger partial charge in [-0.2, -0.15) is 0 Å². The number of nitrogens with one attached hydrogen (secondary N) is 1. The highest BCUT2D eigenvalue weighted by Crippen LogP contribution is 2.27. The Bertz CT molecular complexity index is 922. The van der Waals surface area contributed by atoms with Crippen LogP contribution in [0.25, 0.3) is 11.1 Å². The summed E-state index contributed by atoms with van der Waals surface area (Å²) in [6.45, 7) is 4.08. The van der Waals surface area contributed by atoms with E-state index in [0.717, 1.165) is 45.4 Å². The standard InChI is InChI=1S/C23H23BrN2O/c1-3-5-22(19-6-4-7-20(24)15-19)23(27)26-21-10-8-17(9-11-21)18-12-13-25-16(2)14-18/h4,6-15,22H,3,5H2,1-2H3,(H,26,27)/t22-/m1/s1. The number of benzene rings is 2. The summed E-state index contributed by atoms with van der Waals surface area (Å²) in [5.41, 5.74) is 5.06. The van der Waals surface area contributed by atoms with E-state index < -0.39 is 0 Å². The first-order valence-electron chi connectivity index (χ1n) is 9.16. The topological polar surface area (TPSA) is 42.0 Å². The molecule has 1 amide bonds. The van der Waals surface area contributed by atoms with E-state index in [1.54, 1.807) is 0 Å². The third-order valence-corrected chi connectivity index (χ3v) is 5.02. The number of carbonyl (C=O) groups is 1. The molecule has 2 aromatic carbocycles. The zero-order valence-corrected chi connectivity index (χ0v) is 17.2. The van der Waals surface area contributed by atoms with Crippen molar-refractivity contribution in [1.29, 1.82) is 0 Å². The second-order valence-corrected chi connectivity index (χ2v) is 7.56. The Morgan fingerprint density at radius 2 is 1.85 bits per heavy atom. The molecule has 0 bridgehead atoms. The minimum atomic E-state index is -0.157. The smallest absolute Gasteiger partial charge is 0.231 e. The fourth-order valence-corrected chi connectivity index (χ4v) is 3.58. The largest absolute Gasteiger partial charge is 0.326 e. The summed E-state index contributed by atoms with van der Waals surface area (Å²) in [7, 11) is 0. The van der Waals surface area contributed by atoms with Gasteiger partial charge in [-0.25, -0.2) is 0 Å². The lowest BCUT2D eigenvalue weighted by atomic mass is 9.93. The zero-order valence-electron chi connectivity index (χ0n) is 15.6. The van der Waals surface area contributed by atoms with E-state index >= 15 is 0 Å². The predicted molar refractivity (Wildman–Crippen MR) is 115 cm³/mol. The van der Waals surface area contributed by atoms with Crippen LogP contribution in [0.15, 0.2) is 71.3 Å². The van der Waals surface area contributed by atoms with Gasteiger partial charge in [0.2, 0.25) is 5.91 Å². The molecule has 0 fully saturated rings. The highest BCUT2D eigenvalue weighted by molar-refractivity contribution is 9.10. The van der Waals surface area contributed by atoms with Crippen LogP contribution < -0.4 is 5.32 Å². The van der Waals surface area contributed by atoms with Crippen LogP contribution in [-0.4, -0.2) is 10.9 Å². The number of amides is 1. The summed E-state index contributed by atoms with van der Waals surface area (Å²) in [4.78, 5) is 17.1. The molecule has 1 aromatic heterocycles. The van der Waals surface area contributed by atoms with E-state index in [9.17, 15) is 4.79 Å². The average molecular weight is 423 g/mol. The summed E-state index contributed by atoms with van der Waals surface area (Å²) in [6.07, 6.45) is 3.58. The SMILES string of the molecule is CCC[C@@H](C(=O)Nc1ccc(-c2ccnc(C)c2)cc1)c1cccc(Br)c1. The van der Waals surface area contributed by atoms with E-state index in [2.05, 4.69) is 39.2 Å². The Labute approximate surface area is 169 Å². The van der Waals surface area contributed by atoms with Crippen molar-refractivity contribution in [3.8, 4) is 11.1 Å². The molecular weight excluding hydrogens is 400 g/mol. The van der Waals surface area contributed by atoms with Crippen LogP contribution in [0.5, 0.6) is 0 Å². The van der Waals surface area contributed by atoms with Crippen molar-refractivity contribution in [1.82, 2.24) is 4.98 Å². The number of halogens is 1. The molecule has 3 nitrogen and oxygen atoms in total. The molecule has 0 spiro atoms. The van der Waals surface area contributed by atoms with Crippen LogP contribution in [0.3, 0.4) is 0 Å². The van der Waals surface area contributed by atoms with Crippen LogP contribution in [0, 0.1) is 6.92 Å². The van der Waals surface area contributed by atoms with Crippen molar-refractivity contribution in [2.75, 3.05) is 5.32 Å². The first-order valence-corrected chi connectivity index (χ1v) is 9.95. The molecule has 0 saturated heterocycles. The van der Waals surface area contributed by atoms with E-state index in [0.29, 0.717) is 0 Å². The molecule has 138 valence electrons. The van der Waals surface area contributed by atoms with Crippen molar-refractivity contribution in [3.05, 3.63) is 82.6 Å². The molecule has 1 heterocycles. The lowest BCUT2D eigenvalue weighted by Gasteiger charge is -2.17. The Hall–Kier alpha value is -2.46. The van der Waals surface area contributed by atoms with Crippen molar-refractivity contribution in [2.24, 2.45) is 0 Å². The fraction of sp³-hybridized carbons (Fsp3) is 0.217. The monoisotopic (exact) mass is 422 g/mol. The number of hydrogen-bond acceptors (Lipinski definition) is 2. The molecule has 3 rings (SSSR count). The van der Waals surface area contributed by atoms with Crippen LogP contribution >= 0.6 is 15.9 Å². The molecule has 0 saturated carbocycles. The summed E-state index contributed by atoms with van der Waals surface area (Å²) >= 11 is 3.50. The van der Waals surface area contributed by atoms with Gasteiger partial charge in [0, 0.05) is 22.1 Å². The number of carbonyl (C=O) groups excluding carboxylic acids is 1. The summed E-state index contributed by atoms with van der Waals surface area (Å²) < 4.78 is 0.992. The van der Waals surface area contributed by atoms with Gasteiger partial charge in [-0.3, -0.25) is 9.78 Å². The highest BCUT2D eigenvalue weighted by atomic mass is 79.9. The second kappa shape index (κ2) is 8.96. The number of anilines is 1. The van der Waals surface area contributed by atoms with Crippen molar-refractivity contribution in [2.45, 2.75) is 32.6 Å². The molecule has 1 atom stereocenters. The molecule has 1 N–H and O–H groups in total. The van der Waals surface area contributed by atoms with Gasteiger partial charge in [0.25, 0.3) is 0 Å². The third kappa shape index (κ3) is 5.04. The number of hydrogen-bond donors (Lipinski definition) is 1. The van der Waals surface area contributed by atoms with Gasteiger partial charge >= 0.3 is 0 Å². The molecule has 27 heavy (non-hydrogen) atoms. The molecule has 3 aromatic rings. The summed E-state index contributed by atoms with van der Waals surface area (Å²) in [6, 6.07) is 20.0. The lowest BCUT2D eigenvalue weighted by molar-refractivity contribution is -0.117. The normalized spacial score (nSPS) is 11.8. The Morgan fingerprint density at radius 1 is 1.07 bits per heavy atom. The zero-order chi connectivity index (χ0) is 19.2. The number of aryl methyl sites for hydroxylation is 1. The van der Waals surface area contributed by atoms with Crippen LogP contribution in [0.1, 0.15) is 36.9 Å². The van der Waals surface area contributed by atoms with Crippen molar-refractivity contribution in [3.63, 3.8) is 0 Å². The first kappa shape index (κ1) is 19.3. The minimum Gasteiger partial charge on any atom is -0.326 e. The maximum atomic E-state index is 12.9. The van der Waals surface area contributed by atoms with Gasteiger partial charge in [0.1, 0.15) is 0 Å². The van der Waals surface area contributed by atoms with Gasteiger partial charge in [-0.1, -0.05) is 53.5 Å². The maximum absolute atomic E-state index is 12.9. The highest BCUT2D eigenvalue weighted by Gasteiger charge is 2.20. The molecule has 0 radical (unpaired) electrons. The van der Waals surface area contributed by atoms with Crippen LogP contribution in [0.2, 0.25) is 0 Å². The summed E-state index contributed by atoms with van der Waals surface area (Å²) in [5, 5.41) is 3.07. The van der Waals surface area contributed by atoms with Crippen molar-refractivity contribution < 1.29 is 4.79 Å². The van der Waals surface area contributed by atoms with Gasteiger partial charge in [-0.05, 0) is 66.4 Å². The average Bonchev–Trinajstić information content (AvgIpc) is 2.66. The molecule has 4 heteroatoms.